The number of hydrogen-bond donors (Lipinski definition) is 2. The smallest absolute Gasteiger partial charge is 0.311 e. The van der Waals surface area contributed by atoms with Crippen LogP contribution in [0.15, 0.2) is 16.0 Å². The minimum absolute atomic E-state index is 0.0676. The zero-order valence-electron chi connectivity index (χ0n) is 15.7. The lowest BCUT2D eigenvalue weighted by atomic mass is 9.78. The number of aromatic amines is 1. The first-order valence-corrected chi connectivity index (χ1v) is 9.82. The van der Waals surface area contributed by atoms with E-state index in [0.29, 0.717) is 22.7 Å². The summed E-state index contributed by atoms with van der Waals surface area (Å²) in [6.45, 7) is 6.19. The first kappa shape index (κ1) is 20.5. The van der Waals surface area contributed by atoms with Gasteiger partial charge in [-0.15, -0.1) is 0 Å². The van der Waals surface area contributed by atoms with Crippen LogP contribution >= 0.6 is 11.8 Å². The molecule has 144 valence electrons. The van der Waals surface area contributed by atoms with Gasteiger partial charge in [-0.05, 0) is 25.2 Å². The van der Waals surface area contributed by atoms with Gasteiger partial charge in [-0.2, -0.15) is 0 Å². The molecule has 1 amide bonds. The summed E-state index contributed by atoms with van der Waals surface area (Å²) in [5, 5.41) is 3.05. The average molecular weight is 381 g/mol. The number of aromatic nitrogens is 2. The Hall–Kier alpha value is -1.83. The van der Waals surface area contributed by atoms with E-state index in [4.69, 9.17) is 0 Å². The second kappa shape index (κ2) is 9.21. The van der Waals surface area contributed by atoms with Gasteiger partial charge in [0.1, 0.15) is 0 Å². The summed E-state index contributed by atoms with van der Waals surface area (Å²) in [6, 6.07) is 1.45. The van der Waals surface area contributed by atoms with E-state index < -0.39 is 11.2 Å². The number of nitrogens with zero attached hydrogens (tertiary/aromatic N) is 1. The summed E-state index contributed by atoms with van der Waals surface area (Å²) in [4.78, 5) is 42.5. The molecule has 1 fully saturated rings. The molecule has 1 aromatic heterocycles. The quantitative estimate of drug-likeness (QED) is 0.443. The Balaban J connectivity index is 2.00. The Kier molecular flexibility index (Phi) is 7.25. The van der Waals surface area contributed by atoms with E-state index in [-0.39, 0.29) is 23.9 Å². The molecule has 26 heavy (non-hydrogen) atoms. The molecule has 1 heterocycles. The highest BCUT2D eigenvalue weighted by molar-refractivity contribution is 8.00. The number of esters is 1. The molecule has 4 atom stereocenters. The van der Waals surface area contributed by atoms with Gasteiger partial charge in [0.05, 0.1) is 24.5 Å². The lowest BCUT2D eigenvalue weighted by molar-refractivity contribution is -0.139. The molecule has 0 aliphatic heterocycles. The zero-order valence-corrected chi connectivity index (χ0v) is 16.5. The van der Waals surface area contributed by atoms with Gasteiger partial charge >= 0.3 is 5.97 Å². The normalized spacial score (nSPS) is 23.9. The van der Waals surface area contributed by atoms with Crippen LogP contribution in [-0.2, 0) is 20.7 Å². The van der Waals surface area contributed by atoms with Crippen LogP contribution in [0.1, 0.15) is 45.7 Å². The van der Waals surface area contributed by atoms with Gasteiger partial charge in [0.2, 0.25) is 5.91 Å². The van der Waals surface area contributed by atoms with Crippen molar-refractivity contribution < 1.29 is 14.3 Å². The molecule has 2 N–H and O–H groups in total. The van der Waals surface area contributed by atoms with Crippen molar-refractivity contribution in [3.05, 3.63) is 22.1 Å². The van der Waals surface area contributed by atoms with E-state index in [1.165, 1.54) is 31.4 Å². The van der Waals surface area contributed by atoms with Crippen molar-refractivity contribution in [1.29, 1.82) is 0 Å². The van der Waals surface area contributed by atoms with Crippen molar-refractivity contribution in [2.75, 3.05) is 7.11 Å². The number of carbonyl (C=O) groups is 2. The molecule has 1 saturated carbocycles. The highest BCUT2D eigenvalue weighted by Crippen LogP contribution is 2.30. The maximum atomic E-state index is 12.5. The third kappa shape index (κ3) is 5.59. The fourth-order valence-electron chi connectivity index (χ4n) is 3.16. The second-order valence-electron chi connectivity index (χ2n) is 6.94. The lowest BCUT2D eigenvalue weighted by Crippen LogP contribution is -2.46. The van der Waals surface area contributed by atoms with Gasteiger partial charge in [0.15, 0.2) is 5.16 Å². The van der Waals surface area contributed by atoms with E-state index in [9.17, 15) is 14.4 Å². The van der Waals surface area contributed by atoms with Crippen molar-refractivity contribution in [3.8, 4) is 0 Å². The number of nitrogens with one attached hydrogen (secondary N) is 2. The minimum Gasteiger partial charge on any atom is -0.469 e. The van der Waals surface area contributed by atoms with Crippen molar-refractivity contribution >= 4 is 23.6 Å². The van der Waals surface area contributed by atoms with E-state index in [0.717, 1.165) is 12.8 Å². The average Bonchev–Trinajstić information content (AvgIpc) is 2.58. The Morgan fingerprint density at radius 3 is 2.85 bits per heavy atom. The maximum Gasteiger partial charge on any atom is 0.311 e. The molecule has 0 saturated heterocycles. The van der Waals surface area contributed by atoms with Gasteiger partial charge in [-0.3, -0.25) is 14.4 Å². The van der Waals surface area contributed by atoms with Crippen molar-refractivity contribution in [3.63, 3.8) is 0 Å². The van der Waals surface area contributed by atoms with Gasteiger partial charge in [-0.1, -0.05) is 38.5 Å². The highest BCUT2D eigenvalue weighted by Gasteiger charge is 2.29. The largest absolute Gasteiger partial charge is 0.469 e. The van der Waals surface area contributed by atoms with Crippen molar-refractivity contribution in [2.45, 2.75) is 62.9 Å². The Bertz CT molecular complexity index is 706. The van der Waals surface area contributed by atoms with E-state index in [1.807, 2.05) is 0 Å². The standard InChI is InChI=1S/C18H27N3O4S/c1-10-6-5-7-14(11(10)2)20-17(24)12(3)26-18-19-13(8-15(22)21-18)9-16(23)25-4/h8,10-12,14H,5-7,9H2,1-4H3,(H,20,24)(H,19,21,22)/t10-,11-,12-,14+/m1/s1. The van der Waals surface area contributed by atoms with Crippen LogP contribution in [0.4, 0.5) is 0 Å². The van der Waals surface area contributed by atoms with Crippen LogP contribution in [0.3, 0.4) is 0 Å². The number of amides is 1. The van der Waals surface area contributed by atoms with E-state index in [2.05, 4.69) is 33.9 Å². The molecular weight excluding hydrogens is 354 g/mol. The second-order valence-corrected chi connectivity index (χ2v) is 8.27. The number of H-pyrrole nitrogens is 1. The molecule has 8 heteroatoms. The van der Waals surface area contributed by atoms with Crippen LogP contribution in [0, 0.1) is 11.8 Å². The Morgan fingerprint density at radius 2 is 2.15 bits per heavy atom. The predicted molar refractivity (Wildman–Crippen MR) is 100 cm³/mol. The molecule has 0 aromatic carbocycles. The zero-order chi connectivity index (χ0) is 19.3. The third-order valence-corrected chi connectivity index (χ3v) is 6.00. The first-order valence-electron chi connectivity index (χ1n) is 8.94. The molecule has 1 aromatic rings. The molecule has 0 bridgehead atoms. The van der Waals surface area contributed by atoms with Gasteiger partial charge in [-0.25, -0.2) is 4.98 Å². The SMILES string of the molecule is COC(=O)Cc1cc(=O)[nH]c(S[C@H](C)C(=O)N[C@H]2CCC[C@@H](C)[C@H]2C)n1. The van der Waals surface area contributed by atoms with Crippen LogP contribution in [0.5, 0.6) is 0 Å². The van der Waals surface area contributed by atoms with Gasteiger partial charge in [0, 0.05) is 12.1 Å². The van der Waals surface area contributed by atoms with Crippen LogP contribution in [-0.4, -0.2) is 40.2 Å². The van der Waals surface area contributed by atoms with Gasteiger partial charge in [0.25, 0.3) is 5.56 Å². The molecule has 0 radical (unpaired) electrons. The molecule has 0 spiro atoms. The minimum atomic E-state index is -0.467. The third-order valence-electron chi connectivity index (χ3n) is 5.02. The number of hydrogen-bond acceptors (Lipinski definition) is 6. The van der Waals surface area contributed by atoms with Gasteiger partial charge < -0.3 is 15.0 Å². The number of methoxy groups -OCH3 is 1. The summed E-state index contributed by atoms with van der Waals surface area (Å²) in [5.74, 6) is 0.517. The van der Waals surface area contributed by atoms with E-state index in [1.54, 1.807) is 6.92 Å². The molecule has 2 rings (SSSR count). The van der Waals surface area contributed by atoms with Crippen LogP contribution in [0.2, 0.25) is 0 Å². The molecular formula is C18H27N3O4S. The number of ether oxygens (including phenoxy) is 1. The summed E-state index contributed by atoms with van der Waals surface area (Å²) >= 11 is 1.17. The Labute approximate surface area is 157 Å². The molecule has 1 aliphatic rings. The summed E-state index contributed by atoms with van der Waals surface area (Å²) in [6.07, 6.45) is 3.25. The first-order chi connectivity index (χ1) is 12.3. The maximum absolute atomic E-state index is 12.5. The number of carbonyl (C=O) groups excluding carboxylic acids is 2. The monoisotopic (exact) mass is 381 g/mol. The lowest BCUT2D eigenvalue weighted by Gasteiger charge is -2.35. The van der Waals surface area contributed by atoms with Crippen LogP contribution < -0.4 is 10.9 Å². The summed E-state index contributed by atoms with van der Waals surface area (Å²) in [5.41, 5.74) is -0.0332. The molecule has 7 nitrogen and oxygen atoms in total. The van der Waals surface area contributed by atoms with E-state index >= 15 is 0 Å². The highest BCUT2D eigenvalue weighted by atomic mass is 32.2. The fourth-order valence-corrected chi connectivity index (χ4v) is 4.00. The topological polar surface area (TPSA) is 101 Å². The van der Waals surface area contributed by atoms with Crippen molar-refractivity contribution in [1.82, 2.24) is 15.3 Å². The number of rotatable bonds is 6. The summed E-state index contributed by atoms with van der Waals surface area (Å²) < 4.78 is 4.59. The Morgan fingerprint density at radius 1 is 1.42 bits per heavy atom. The van der Waals surface area contributed by atoms with Crippen LogP contribution in [0.25, 0.3) is 0 Å². The number of thioether (sulfide) groups is 1. The van der Waals surface area contributed by atoms with Crippen molar-refractivity contribution in [2.24, 2.45) is 11.8 Å². The predicted octanol–water partition coefficient (Wildman–Crippen LogP) is 1.91. The summed E-state index contributed by atoms with van der Waals surface area (Å²) in [7, 11) is 1.28. The fraction of sp³-hybridized carbons (Fsp3) is 0.667. The molecule has 0 unspecified atom stereocenters. The molecule has 1 aliphatic carbocycles.